The number of nitrogens with zero attached hydrogens (tertiary/aromatic N) is 4. The molecular formula is C22H21N5O4. The van der Waals surface area contributed by atoms with Gasteiger partial charge >= 0.3 is 0 Å². The van der Waals surface area contributed by atoms with Crippen LogP contribution in [0.15, 0.2) is 65.5 Å². The highest BCUT2D eigenvalue weighted by Crippen LogP contribution is 2.28. The van der Waals surface area contributed by atoms with Crippen LogP contribution in [0.4, 0.5) is 0 Å². The molecule has 0 spiro atoms. The summed E-state index contributed by atoms with van der Waals surface area (Å²) in [5, 5.41) is 7.16. The van der Waals surface area contributed by atoms with E-state index in [1.165, 1.54) is 10.9 Å². The van der Waals surface area contributed by atoms with E-state index >= 15 is 0 Å². The van der Waals surface area contributed by atoms with Crippen molar-refractivity contribution >= 4 is 5.91 Å². The minimum atomic E-state index is -0.296. The van der Waals surface area contributed by atoms with Gasteiger partial charge in [-0.25, -0.2) is 9.97 Å². The Morgan fingerprint density at radius 3 is 2.81 bits per heavy atom. The number of benzene rings is 1. The predicted molar refractivity (Wildman–Crippen MR) is 112 cm³/mol. The van der Waals surface area contributed by atoms with E-state index in [1.807, 2.05) is 24.3 Å². The van der Waals surface area contributed by atoms with Crippen molar-refractivity contribution < 1.29 is 18.7 Å². The summed E-state index contributed by atoms with van der Waals surface area (Å²) in [4.78, 5) is 21.7. The maximum atomic E-state index is 12.7. The fraction of sp³-hybridized carbons (Fsp3) is 0.182. The Labute approximate surface area is 178 Å². The van der Waals surface area contributed by atoms with Gasteiger partial charge in [0.1, 0.15) is 11.5 Å². The van der Waals surface area contributed by atoms with Crippen molar-refractivity contribution in [2.24, 2.45) is 0 Å². The second kappa shape index (κ2) is 9.23. The zero-order valence-electron chi connectivity index (χ0n) is 17.1. The van der Waals surface area contributed by atoms with Gasteiger partial charge in [0.05, 0.1) is 49.7 Å². The smallest absolute Gasteiger partial charge is 0.255 e. The Bertz CT molecular complexity index is 1170. The molecule has 0 aliphatic carbocycles. The van der Waals surface area contributed by atoms with Crippen molar-refractivity contribution in [2.45, 2.75) is 13.2 Å². The highest BCUT2D eigenvalue weighted by molar-refractivity contribution is 5.95. The normalized spacial score (nSPS) is 10.8. The molecule has 1 N–H and O–H groups in total. The molecule has 4 rings (SSSR count). The number of methoxy groups -OCH3 is 2. The Kier molecular flexibility index (Phi) is 6.04. The van der Waals surface area contributed by atoms with Crippen molar-refractivity contribution in [1.82, 2.24) is 25.1 Å². The van der Waals surface area contributed by atoms with Gasteiger partial charge in [0.15, 0.2) is 0 Å². The van der Waals surface area contributed by atoms with Crippen LogP contribution in [0.25, 0.3) is 17.2 Å². The van der Waals surface area contributed by atoms with Crippen LogP contribution in [-0.2, 0) is 17.9 Å². The second-order valence-corrected chi connectivity index (χ2v) is 6.55. The number of carbonyl (C=O) groups excluding carboxylic acids is 1. The largest absolute Gasteiger partial charge is 0.496 e. The van der Waals surface area contributed by atoms with Crippen LogP contribution >= 0.6 is 0 Å². The molecule has 0 fully saturated rings. The molecule has 0 radical (unpaired) electrons. The fourth-order valence-electron chi connectivity index (χ4n) is 3.14. The molecule has 4 aromatic rings. The van der Waals surface area contributed by atoms with E-state index in [0.29, 0.717) is 34.4 Å². The molecule has 3 aromatic heterocycles. The summed E-state index contributed by atoms with van der Waals surface area (Å²) < 4.78 is 17.5. The number of ether oxygens (including phenoxy) is 2. The summed E-state index contributed by atoms with van der Waals surface area (Å²) in [6.45, 7) is 0.426. The molecule has 0 saturated heterocycles. The first kappa shape index (κ1) is 20.3. The maximum absolute atomic E-state index is 12.7. The van der Waals surface area contributed by atoms with Crippen LogP contribution in [0.5, 0.6) is 5.75 Å². The number of carbonyl (C=O) groups is 1. The third kappa shape index (κ3) is 4.31. The first-order valence-electron chi connectivity index (χ1n) is 9.54. The molecule has 31 heavy (non-hydrogen) atoms. The molecule has 0 atom stereocenters. The lowest BCUT2D eigenvalue weighted by molar-refractivity contribution is 0.0942. The standard InChI is InChI=1S/C22H21N5O4/c1-29-14-19-17(21(28)24-12-15-6-5-11-31-15)13-25-27(19)22-23-10-9-18(26-22)16-7-3-4-8-20(16)30-2/h3-11,13H,12,14H2,1-2H3,(H,24,28). The number of para-hydroxylation sites is 1. The van der Waals surface area contributed by atoms with Crippen molar-refractivity contribution in [3.05, 3.63) is 78.1 Å². The van der Waals surface area contributed by atoms with Gasteiger partial charge in [-0.1, -0.05) is 12.1 Å². The van der Waals surface area contributed by atoms with Gasteiger partial charge in [-0.3, -0.25) is 4.79 Å². The molecule has 0 aliphatic rings. The summed E-state index contributed by atoms with van der Waals surface area (Å²) in [6, 6.07) is 12.9. The van der Waals surface area contributed by atoms with Crippen LogP contribution in [-0.4, -0.2) is 39.9 Å². The number of aromatic nitrogens is 4. The highest BCUT2D eigenvalue weighted by atomic mass is 16.5. The van der Waals surface area contributed by atoms with Crippen LogP contribution in [0.1, 0.15) is 21.8 Å². The Morgan fingerprint density at radius 2 is 2.03 bits per heavy atom. The third-order valence-electron chi connectivity index (χ3n) is 4.61. The van der Waals surface area contributed by atoms with E-state index in [2.05, 4.69) is 20.4 Å². The molecule has 0 aliphatic heterocycles. The average molecular weight is 419 g/mol. The molecule has 1 amide bonds. The summed E-state index contributed by atoms with van der Waals surface area (Å²) in [5.41, 5.74) is 2.41. The van der Waals surface area contributed by atoms with Crippen LogP contribution in [0.3, 0.4) is 0 Å². The SMILES string of the molecule is COCc1c(C(=O)NCc2ccco2)cnn1-c1nccc(-c2ccccc2OC)n1. The zero-order valence-corrected chi connectivity index (χ0v) is 17.1. The quantitative estimate of drug-likeness (QED) is 0.468. The molecule has 9 heteroatoms. The Morgan fingerprint density at radius 1 is 1.16 bits per heavy atom. The van der Waals surface area contributed by atoms with E-state index in [9.17, 15) is 4.79 Å². The van der Waals surface area contributed by atoms with Gasteiger partial charge in [0.2, 0.25) is 0 Å². The van der Waals surface area contributed by atoms with Gasteiger partial charge < -0.3 is 19.2 Å². The predicted octanol–water partition coefficient (Wildman–Crippen LogP) is 3.01. The van der Waals surface area contributed by atoms with Crippen LogP contribution in [0, 0.1) is 0 Å². The molecule has 0 bridgehead atoms. The Hall–Kier alpha value is -3.98. The van der Waals surface area contributed by atoms with E-state index in [-0.39, 0.29) is 19.1 Å². The van der Waals surface area contributed by atoms with Crippen LogP contribution < -0.4 is 10.1 Å². The van der Waals surface area contributed by atoms with E-state index in [1.54, 1.807) is 44.9 Å². The first-order chi connectivity index (χ1) is 15.2. The first-order valence-corrected chi connectivity index (χ1v) is 9.54. The van der Waals surface area contributed by atoms with Crippen molar-refractivity contribution in [3.8, 4) is 23.0 Å². The van der Waals surface area contributed by atoms with E-state index < -0.39 is 0 Å². The third-order valence-corrected chi connectivity index (χ3v) is 4.61. The van der Waals surface area contributed by atoms with E-state index in [4.69, 9.17) is 13.9 Å². The molecular weight excluding hydrogens is 398 g/mol. The lowest BCUT2D eigenvalue weighted by Gasteiger charge is -2.10. The lowest BCUT2D eigenvalue weighted by Crippen LogP contribution is -2.24. The highest BCUT2D eigenvalue weighted by Gasteiger charge is 2.20. The van der Waals surface area contributed by atoms with Gasteiger partial charge in [-0.15, -0.1) is 0 Å². The van der Waals surface area contributed by atoms with Crippen molar-refractivity contribution in [3.63, 3.8) is 0 Å². The molecule has 0 unspecified atom stereocenters. The number of furan rings is 1. The average Bonchev–Trinajstić information content (AvgIpc) is 3.48. The summed E-state index contributed by atoms with van der Waals surface area (Å²) in [7, 11) is 3.16. The van der Waals surface area contributed by atoms with Crippen LogP contribution in [0.2, 0.25) is 0 Å². The van der Waals surface area contributed by atoms with E-state index in [0.717, 1.165) is 5.56 Å². The maximum Gasteiger partial charge on any atom is 0.255 e. The number of amides is 1. The minimum absolute atomic E-state index is 0.158. The minimum Gasteiger partial charge on any atom is -0.496 e. The second-order valence-electron chi connectivity index (χ2n) is 6.55. The summed E-state index contributed by atoms with van der Waals surface area (Å²) in [5.74, 6) is 1.38. The Balaban J connectivity index is 1.66. The molecule has 1 aromatic carbocycles. The van der Waals surface area contributed by atoms with Gasteiger partial charge in [0, 0.05) is 18.9 Å². The number of nitrogens with one attached hydrogen (secondary N) is 1. The van der Waals surface area contributed by atoms with Gasteiger partial charge in [-0.05, 0) is 30.3 Å². The topological polar surface area (TPSA) is 104 Å². The molecule has 3 heterocycles. The number of hydrogen-bond donors (Lipinski definition) is 1. The summed E-state index contributed by atoms with van der Waals surface area (Å²) in [6.07, 6.45) is 4.67. The summed E-state index contributed by atoms with van der Waals surface area (Å²) >= 11 is 0. The monoisotopic (exact) mass is 419 g/mol. The molecule has 158 valence electrons. The van der Waals surface area contributed by atoms with Gasteiger partial charge in [-0.2, -0.15) is 9.78 Å². The zero-order chi connectivity index (χ0) is 21.6. The molecule has 9 nitrogen and oxygen atoms in total. The molecule has 0 saturated carbocycles. The number of rotatable bonds is 8. The lowest BCUT2D eigenvalue weighted by atomic mass is 10.1. The fourth-order valence-corrected chi connectivity index (χ4v) is 3.14. The number of hydrogen-bond acceptors (Lipinski definition) is 7. The van der Waals surface area contributed by atoms with Gasteiger partial charge in [0.25, 0.3) is 11.9 Å². The van der Waals surface area contributed by atoms with Crippen molar-refractivity contribution in [2.75, 3.05) is 14.2 Å². The van der Waals surface area contributed by atoms with Crippen molar-refractivity contribution in [1.29, 1.82) is 0 Å².